The lowest BCUT2D eigenvalue weighted by Crippen LogP contribution is -2.05. The molecule has 0 aromatic carbocycles. The SMILES string of the molecule is C/C=C\C(C)=C(/CC)C(C)O.CC.CC. The van der Waals surface area contributed by atoms with Crippen LogP contribution in [-0.4, -0.2) is 11.2 Å². The summed E-state index contributed by atoms with van der Waals surface area (Å²) in [5.41, 5.74) is 2.31. The van der Waals surface area contributed by atoms with Crippen LogP contribution >= 0.6 is 0 Å². The maximum absolute atomic E-state index is 9.32. The zero-order valence-electron chi connectivity index (χ0n) is 11.9. The Balaban J connectivity index is -0.000000318. The molecule has 0 bridgehead atoms. The summed E-state index contributed by atoms with van der Waals surface area (Å²) in [4.78, 5) is 0. The third-order valence-corrected chi connectivity index (χ3v) is 1.81. The van der Waals surface area contributed by atoms with Crippen molar-refractivity contribution in [3.63, 3.8) is 0 Å². The molecule has 1 atom stereocenters. The molecule has 0 rings (SSSR count). The molecule has 0 aromatic rings. The molecule has 15 heavy (non-hydrogen) atoms. The molecule has 0 aliphatic rings. The van der Waals surface area contributed by atoms with Crippen LogP contribution in [0.2, 0.25) is 0 Å². The molecule has 0 amide bonds. The van der Waals surface area contributed by atoms with E-state index < -0.39 is 0 Å². The van der Waals surface area contributed by atoms with E-state index in [0.29, 0.717) is 0 Å². The van der Waals surface area contributed by atoms with Gasteiger partial charge in [-0.15, -0.1) is 0 Å². The smallest absolute Gasteiger partial charge is 0.0727 e. The van der Waals surface area contributed by atoms with Gasteiger partial charge in [-0.2, -0.15) is 0 Å². The third kappa shape index (κ3) is 11.4. The Kier molecular flexibility index (Phi) is 21.1. The molecule has 1 nitrogen and oxygen atoms in total. The monoisotopic (exact) mass is 214 g/mol. The zero-order chi connectivity index (χ0) is 12.9. The predicted molar refractivity (Wildman–Crippen MR) is 72.2 cm³/mol. The van der Waals surface area contributed by atoms with Crippen LogP contribution in [0.3, 0.4) is 0 Å². The summed E-state index contributed by atoms with van der Waals surface area (Å²) in [5.74, 6) is 0. The lowest BCUT2D eigenvalue weighted by Gasteiger charge is -2.10. The van der Waals surface area contributed by atoms with E-state index in [9.17, 15) is 5.11 Å². The van der Waals surface area contributed by atoms with Crippen LogP contribution in [0, 0.1) is 0 Å². The average molecular weight is 214 g/mol. The molecule has 1 heteroatoms. The van der Waals surface area contributed by atoms with Gasteiger partial charge in [-0.3, -0.25) is 0 Å². The standard InChI is InChI=1S/C10H18O.2C2H6/c1-5-7-8(3)10(6-2)9(4)11;2*1-2/h5,7,9,11H,6H2,1-4H3;2*1-2H3/b7-5-,10-8+;;. The number of rotatable bonds is 3. The Morgan fingerprint density at radius 2 is 1.60 bits per heavy atom. The fraction of sp³-hybridized carbons (Fsp3) is 0.714. The largest absolute Gasteiger partial charge is 0.389 e. The first kappa shape index (κ1) is 19.9. The van der Waals surface area contributed by atoms with Crippen LogP contribution in [0.1, 0.15) is 61.8 Å². The van der Waals surface area contributed by atoms with Crippen molar-refractivity contribution in [1.29, 1.82) is 0 Å². The fourth-order valence-corrected chi connectivity index (χ4v) is 1.26. The molecule has 0 saturated heterocycles. The van der Waals surface area contributed by atoms with E-state index in [-0.39, 0.29) is 6.10 Å². The van der Waals surface area contributed by atoms with Crippen LogP contribution < -0.4 is 0 Å². The molecule has 0 fully saturated rings. The van der Waals surface area contributed by atoms with E-state index in [2.05, 4.69) is 6.92 Å². The minimum absolute atomic E-state index is 0.309. The third-order valence-electron chi connectivity index (χ3n) is 1.81. The normalized spacial score (nSPS) is 13.1. The van der Waals surface area contributed by atoms with Crippen molar-refractivity contribution in [3.05, 3.63) is 23.3 Å². The van der Waals surface area contributed by atoms with Crippen LogP contribution in [0.15, 0.2) is 23.3 Å². The number of allylic oxidation sites excluding steroid dienone is 3. The van der Waals surface area contributed by atoms with Gasteiger partial charge >= 0.3 is 0 Å². The van der Waals surface area contributed by atoms with Gasteiger partial charge in [0.2, 0.25) is 0 Å². The number of aliphatic hydroxyl groups is 1. The summed E-state index contributed by atoms with van der Waals surface area (Å²) in [6.07, 6.45) is 4.64. The second kappa shape index (κ2) is 15.9. The van der Waals surface area contributed by atoms with Crippen molar-refractivity contribution >= 4 is 0 Å². The molecule has 0 heterocycles. The van der Waals surface area contributed by atoms with Crippen LogP contribution in [-0.2, 0) is 0 Å². The van der Waals surface area contributed by atoms with E-state index in [1.165, 1.54) is 5.57 Å². The Labute approximate surface area is 96.9 Å². The summed E-state index contributed by atoms with van der Waals surface area (Å²) in [6.45, 7) is 15.9. The molecule has 0 spiro atoms. The van der Waals surface area contributed by atoms with E-state index in [1.807, 2.05) is 60.6 Å². The first-order valence-electron chi connectivity index (χ1n) is 6.13. The van der Waals surface area contributed by atoms with E-state index >= 15 is 0 Å². The van der Waals surface area contributed by atoms with E-state index in [0.717, 1.165) is 12.0 Å². The van der Waals surface area contributed by atoms with Crippen molar-refractivity contribution in [2.75, 3.05) is 0 Å². The minimum atomic E-state index is -0.309. The van der Waals surface area contributed by atoms with Crippen molar-refractivity contribution in [3.8, 4) is 0 Å². The molecule has 0 aromatic heterocycles. The van der Waals surface area contributed by atoms with Crippen LogP contribution in [0.25, 0.3) is 0 Å². The quantitative estimate of drug-likeness (QED) is 0.674. The van der Waals surface area contributed by atoms with Gasteiger partial charge in [-0.25, -0.2) is 0 Å². The van der Waals surface area contributed by atoms with Gasteiger partial charge in [-0.1, -0.05) is 46.8 Å². The highest BCUT2D eigenvalue weighted by Crippen LogP contribution is 2.13. The summed E-state index contributed by atoms with van der Waals surface area (Å²) in [7, 11) is 0. The Morgan fingerprint density at radius 3 is 1.80 bits per heavy atom. The Morgan fingerprint density at radius 1 is 1.20 bits per heavy atom. The number of hydrogen-bond donors (Lipinski definition) is 1. The van der Waals surface area contributed by atoms with Gasteiger partial charge in [0.25, 0.3) is 0 Å². The van der Waals surface area contributed by atoms with Crippen LogP contribution in [0.5, 0.6) is 0 Å². The summed E-state index contributed by atoms with van der Waals surface area (Å²) >= 11 is 0. The summed E-state index contributed by atoms with van der Waals surface area (Å²) in [6, 6.07) is 0. The minimum Gasteiger partial charge on any atom is -0.389 e. The van der Waals surface area contributed by atoms with Crippen molar-refractivity contribution in [2.45, 2.75) is 67.9 Å². The topological polar surface area (TPSA) is 20.2 Å². The predicted octanol–water partition coefficient (Wildman–Crippen LogP) is 4.72. The fourth-order valence-electron chi connectivity index (χ4n) is 1.26. The molecule has 1 N–H and O–H groups in total. The molecular formula is C14H30O. The molecule has 1 unspecified atom stereocenters. The average Bonchev–Trinajstić information content (AvgIpc) is 2.24. The van der Waals surface area contributed by atoms with Crippen molar-refractivity contribution in [1.82, 2.24) is 0 Å². The first-order valence-corrected chi connectivity index (χ1v) is 6.13. The van der Waals surface area contributed by atoms with Crippen molar-refractivity contribution in [2.24, 2.45) is 0 Å². The lowest BCUT2D eigenvalue weighted by molar-refractivity contribution is 0.227. The Hall–Kier alpha value is -0.560. The highest BCUT2D eigenvalue weighted by atomic mass is 16.3. The highest BCUT2D eigenvalue weighted by molar-refractivity contribution is 5.25. The molecular weight excluding hydrogens is 184 g/mol. The molecule has 0 aliphatic carbocycles. The van der Waals surface area contributed by atoms with Gasteiger partial charge in [0, 0.05) is 0 Å². The Bertz CT molecular complexity index is 164. The molecule has 0 radical (unpaired) electrons. The molecule has 0 aliphatic heterocycles. The van der Waals surface area contributed by atoms with E-state index in [1.54, 1.807) is 0 Å². The lowest BCUT2D eigenvalue weighted by atomic mass is 10.0. The van der Waals surface area contributed by atoms with Gasteiger partial charge < -0.3 is 5.11 Å². The van der Waals surface area contributed by atoms with Gasteiger partial charge in [-0.05, 0) is 38.3 Å². The van der Waals surface area contributed by atoms with Crippen LogP contribution in [0.4, 0.5) is 0 Å². The summed E-state index contributed by atoms with van der Waals surface area (Å²) in [5, 5.41) is 9.32. The highest BCUT2D eigenvalue weighted by Gasteiger charge is 2.03. The second-order valence-corrected chi connectivity index (χ2v) is 2.74. The molecule has 0 saturated carbocycles. The molecule has 92 valence electrons. The first-order chi connectivity index (χ1) is 7.13. The van der Waals surface area contributed by atoms with Gasteiger partial charge in [0.15, 0.2) is 0 Å². The second-order valence-electron chi connectivity index (χ2n) is 2.74. The van der Waals surface area contributed by atoms with E-state index in [4.69, 9.17) is 0 Å². The van der Waals surface area contributed by atoms with Crippen molar-refractivity contribution < 1.29 is 5.11 Å². The maximum atomic E-state index is 9.32. The number of aliphatic hydroxyl groups excluding tert-OH is 1. The zero-order valence-corrected chi connectivity index (χ0v) is 11.9. The number of hydrogen-bond acceptors (Lipinski definition) is 1. The van der Waals surface area contributed by atoms with Gasteiger partial charge in [0.1, 0.15) is 0 Å². The van der Waals surface area contributed by atoms with Gasteiger partial charge in [0.05, 0.1) is 6.10 Å². The maximum Gasteiger partial charge on any atom is 0.0727 e. The summed E-state index contributed by atoms with van der Waals surface area (Å²) < 4.78 is 0.